The van der Waals surface area contributed by atoms with E-state index in [1.807, 2.05) is 0 Å². The van der Waals surface area contributed by atoms with E-state index in [9.17, 15) is 22.8 Å². The Labute approximate surface area is 233 Å². The van der Waals surface area contributed by atoms with Gasteiger partial charge in [0.2, 0.25) is 0 Å². The molecule has 0 bridgehead atoms. The van der Waals surface area contributed by atoms with Crippen molar-refractivity contribution in [2.24, 2.45) is 7.05 Å². The average Bonchev–Trinajstić information content (AvgIpc) is 3.21. The van der Waals surface area contributed by atoms with Crippen LogP contribution >= 0.6 is 0 Å². The molecule has 0 radical (unpaired) electrons. The van der Waals surface area contributed by atoms with Crippen LogP contribution in [0.2, 0.25) is 0 Å². The van der Waals surface area contributed by atoms with Crippen LogP contribution in [0.3, 0.4) is 0 Å². The van der Waals surface area contributed by atoms with Crippen LogP contribution in [0.4, 0.5) is 24.7 Å². The number of carbonyl (C=O) groups excluding carboxylic acids is 2. The number of aryl methyl sites for hydroxylation is 1. The number of alkyl halides is 3. The van der Waals surface area contributed by atoms with Crippen LogP contribution in [0.1, 0.15) is 30.1 Å². The first-order chi connectivity index (χ1) is 19.5. The highest BCUT2D eigenvalue weighted by atomic mass is 19.3. The smallest absolute Gasteiger partial charge is 0.387 e. The first-order valence-electron chi connectivity index (χ1n) is 12.7. The van der Waals surface area contributed by atoms with Gasteiger partial charge in [-0.3, -0.25) is 9.59 Å². The molecule has 212 valence electrons. The third-order valence-electron chi connectivity index (χ3n) is 6.95. The number of nitrogens with zero attached hydrogens (tertiary/aromatic N) is 3. The molecule has 2 aromatic heterocycles. The van der Waals surface area contributed by atoms with Crippen LogP contribution in [0.15, 0.2) is 60.9 Å². The van der Waals surface area contributed by atoms with E-state index >= 15 is 0 Å². The molecular formula is C29H27F3N6O3. The minimum Gasteiger partial charge on any atom is -0.434 e. The number of aromatic nitrogens is 3. The average molecular weight is 565 g/mol. The summed E-state index contributed by atoms with van der Waals surface area (Å²) in [5, 5.41) is 5.89. The van der Waals surface area contributed by atoms with Crippen molar-refractivity contribution in [3.63, 3.8) is 0 Å². The largest absolute Gasteiger partial charge is 0.434 e. The number of rotatable bonds is 8. The Morgan fingerprint density at radius 2 is 1.80 bits per heavy atom. The molecule has 5 rings (SSSR count). The number of nitrogen functional groups attached to an aromatic ring is 1. The fraction of sp³-hybridized carbons (Fsp3) is 0.241. The van der Waals surface area contributed by atoms with E-state index in [0.29, 0.717) is 44.7 Å². The number of anilines is 2. The second-order valence-corrected chi connectivity index (χ2v) is 9.88. The van der Waals surface area contributed by atoms with E-state index in [-0.39, 0.29) is 41.9 Å². The van der Waals surface area contributed by atoms with Crippen molar-refractivity contribution in [1.82, 2.24) is 19.9 Å². The fourth-order valence-electron chi connectivity index (χ4n) is 4.83. The van der Waals surface area contributed by atoms with Gasteiger partial charge in [-0.25, -0.2) is 14.4 Å². The molecule has 2 aromatic carbocycles. The minimum absolute atomic E-state index is 0.111. The molecule has 0 spiro atoms. The molecular weight excluding hydrogens is 537 g/mol. The third-order valence-corrected chi connectivity index (χ3v) is 6.95. The number of fused-ring (bicyclic) bond motifs is 1. The van der Waals surface area contributed by atoms with Crippen LogP contribution in [-0.2, 0) is 11.8 Å². The van der Waals surface area contributed by atoms with Gasteiger partial charge in [-0.15, -0.1) is 0 Å². The summed E-state index contributed by atoms with van der Waals surface area (Å²) in [6.07, 6.45) is 0.669. The van der Waals surface area contributed by atoms with E-state index in [1.54, 1.807) is 48.9 Å². The molecule has 41 heavy (non-hydrogen) atoms. The highest BCUT2D eigenvalue weighted by molar-refractivity contribution is 6.09. The Morgan fingerprint density at radius 3 is 2.44 bits per heavy atom. The molecule has 0 aliphatic heterocycles. The van der Waals surface area contributed by atoms with Gasteiger partial charge in [0.15, 0.2) is 0 Å². The number of amides is 2. The number of halogens is 3. The van der Waals surface area contributed by atoms with Crippen molar-refractivity contribution in [2.45, 2.75) is 38.6 Å². The van der Waals surface area contributed by atoms with Crippen molar-refractivity contribution in [3.8, 4) is 28.1 Å². The predicted octanol–water partition coefficient (Wildman–Crippen LogP) is 5.23. The lowest BCUT2D eigenvalue weighted by atomic mass is 9.90. The molecule has 2 amide bonds. The third kappa shape index (κ3) is 5.45. The van der Waals surface area contributed by atoms with Crippen LogP contribution in [0.25, 0.3) is 33.4 Å². The Hall–Kier alpha value is -4.87. The number of ether oxygens (including phenoxy) is 1. The summed E-state index contributed by atoms with van der Waals surface area (Å²) in [5.74, 6) is -1.13. The van der Waals surface area contributed by atoms with Gasteiger partial charge in [-0.2, -0.15) is 8.78 Å². The van der Waals surface area contributed by atoms with Crippen molar-refractivity contribution in [1.29, 1.82) is 0 Å². The summed E-state index contributed by atoms with van der Waals surface area (Å²) < 4.78 is 46.7. The van der Waals surface area contributed by atoms with Gasteiger partial charge in [-0.1, -0.05) is 24.8 Å². The molecule has 9 nitrogen and oxygen atoms in total. The summed E-state index contributed by atoms with van der Waals surface area (Å²) in [7, 11) is 1.78. The second-order valence-electron chi connectivity index (χ2n) is 9.88. The molecule has 4 aromatic rings. The van der Waals surface area contributed by atoms with E-state index in [2.05, 4.69) is 27.2 Å². The molecule has 1 saturated carbocycles. The zero-order valence-electron chi connectivity index (χ0n) is 22.2. The summed E-state index contributed by atoms with van der Waals surface area (Å²) in [6.45, 7) is 2.04. The van der Waals surface area contributed by atoms with Gasteiger partial charge in [0, 0.05) is 29.9 Å². The lowest BCUT2D eigenvalue weighted by molar-refractivity contribution is -0.112. The number of carbonyl (C=O) groups is 2. The van der Waals surface area contributed by atoms with Gasteiger partial charge in [0.05, 0.1) is 16.6 Å². The van der Waals surface area contributed by atoms with Crippen LogP contribution in [0.5, 0.6) is 5.75 Å². The van der Waals surface area contributed by atoms with Gasteiger partial charge in [0.1, 0.15) is 29.7 Å². The Morgan fingerprint density at radius 1 is 1.12 bits per heavy atom. The number of nitrogens with one attached hydrogen (secondary N) is 2. The maximum atomic E-state index is 13.4. The number of hydrogen-bond donors (Lipinski definition) is 3. The van der Waals surface area contributed by atoms with Gasteiger partial charge >= 0.3 is 6.61 Å². The maximum Gasteiger partial charge on any atom is 0.387 e. The molecule has 0 saturated heterocycles. The summed E-state index contributed by atoms with van der Waals surface area (Å²) >= 11 is 0. The monoisotopic (exact) mass is 564 g/mol. The topological polar surface area (TPSA) is 124 Å². The number of nitrogens with two attached hydrogens (primary N) is 1. The fourth-order valence-corrected chi connectivity index (χ4v) is 4.83. The first-order valence-corrected chi connectivity index (χ1v) is 12.7. The van der Waals surface area contributed by atoms with Crippen molar-refractivity contribution >= 4 is 34.4 Å². The van der Waals surface area contributed by atoms with E-state index in [0.717, 1.165) is 0 Å². The Kier molecular flexibility index (Phi) is 7.40. The van der Waals surface area contributed by atoms with E-state index < -0.39 is 18.7 Å². The molecule has 0 atom stereocenters. The summed E-state index contributed by atoms with van der Waals surface area (Å²) in [5.41, 5.74) is 9.86. The minimum atomic E-state index is -3.20. The number of hydrogen-bond acceptors (Lipinski definition) is 6. The van der Waals surface area contributed by atoms with Gasteiger partial charge < -0.3 is 25.7 Å². The Balaban J connectivity index is 1.62. The quantitative estimate of drug-likeness (QED) is 0.252. The summed E-state index contributed by atoms with van der Waals surface area (Å²) in [4.78, 5) is 33.4. The van der Waals surface area contributed by atoms with Crippen LogP contribution in [0, 0.1) is 0 Å². The zero-order valence-corrected chi connectivity index (χ0v) is 22.2. The van der Waals surface area contributed by atoms with Crippen LogP contribution < -0.4 is 21.1 Å². The van der Waals surface area contributed by atoms with Crippen molar-refractivity contribution in [3.05, 3.63) is 66.5 Å². The lowest BCUT2D eigenvalue weighted by Crippen LogP contribution is -2.45. The second kappa shape index (κ2) is 11.0. The molecule has 1 aliphatic carbocycles. The Bertz CT molecular complexity index is 1660. The predicted molar refractivity (Wildman–Crippen MR) is 149 cm³/mol. The van der Waals surface area contributed by atoms with Crippen molar-refractivity contribution < 1.29 is 27.5 Å². The highest BCUT2D eigenvalue weighted by Crippen LogP contribution is 2.43. The molecule has 0 unspecified atom stereocenters. The standard InChI is InChI=1S/C29H27F3N6O3/c1-14(2)27(39)36-18-7-4-15(5-8-18)24-22(23-25(33)34-13-35-26(23)38(24)3)16-6-9-20(21(10-16)41-29(31)32)28(40)37-19-11-17(30)12-19/h4-10,13,17,19,29H,1,11-12H2,2-3H3,(H,36,39)(H,37,40)(H2,33,34,35). The lowest BCUT2D eigenvalue weighted by Gasteiger charge is -2.30. The van der Waals surface area contributed by atoms with E-state index in [1.165, 1.54) is 18.5 Å². The molecule has 4 N–H and O–H groups in total. The van der Waals surface area contributed by atoms with E-state index in [4.69, 9.17) is 10.5 Å². The maximum absolute atomic E-state index is 13.4. The SMILES string of the molecule is C=C(C)C(=O)Nc1ccc(-c2c(-c3ccc(C(=O)NC4CC(F)C4)c(OC(F)F)c3)c3c(N)ncnc3n2C)cc1. The normalized spacial score (nSPS) is 16.3. The summed E-state index contributed by atoms with van der Waals surface area (Å²) in [6, 6.07) is 10.9. The van der Waals surface area contributed by atoms with Gasteiger partial charge in [0.25, 0.3) is 11.8 Å². The van der Waals surface area contributed by atoms with Gasteiger partial charge in [-0.05, 0) is 55.2 Å². The number of benzene rings is 2. The molecule has 2 heterocycles. The zero-order chi connectivity index (χ0) is 29.4. The first kappa shape index (κ1) is 27.7. The molecule has 1 fully saturated rings. The highest BCUT2D eigenvalue weighted by Gasteiger charge is 2.31. The van der Waals surface area contributed by atoms with Crippen LogP contribution in [-0.4, -0.2) is 45.2 Å². The molecule has 12 heteroatoms. The molecule has 1 aliphatic rings. The van der Waals surface area contributed by atoms with Crippen molar-refractivity contribution in [2.75, 3.05) is 11.1 Å².